The standard InChI is InChI=1S/C20H22N2O4/c1-13-9-10-16(11-14(13)2)12-18(23)26-15(3)19(24)21-22-20(25)17-7-5-4-6-8-17/h4-11,15H,12H2,1-3H3,(H,21,24)(H,22,25)/t15-/m0/s1. The van der Waals surface area contributed by atoms with Gasteiger partial charge in [0.2, 0.25) is 0 Å². The van der Waals surface area contributed by atoms with E-state index in [1.54, 1.807) is 30.3 Å². The predicted octanol–water partition coefficient (Wildman–Crippen LogP) is 2.24. The molecule has 26 heavy (non-hydrogen) atoms. The SMILES string of the molecule is Cc1ccc(CC(=O)O[C@@H](C)C(=O)NNC(=O)c2ccccc2)cc1C. The van der Waals surface area contributed by atoms with Gasteiger partial charge in [-0.05, 0) is 49.6 Å². The zero-order chi connectivity index (χ0) is 19.1. The molecule has 0 unspecified atom stereocenters. The van der Waals surface area contributed by atoms with Gasteiger partial charge >= 0.3 is 5.97 Å². The Bertz CT molecular complexity index is 803. The van der Waals surface area contributed by atoms with E-state index in [9.17, 15) is 14.4 Å². The minimum Gasteiger partial charge on any atom is -0.452 e. The Morgan fingerprint density at radius 2 is 1.65 bits per heavy atom. The number of esters is 1. The van der Waals surface area contributed by atoms with Crippen LogP contribution in [-0.2, 0) is 20.7 Å². The zero-order valence-electron chi connectivity index (χ0n) is 15.0. The fraction of sp³-hybridized carbons (Fsp3) is 0.250. The van der Waals surface area contributed by atoms with Crippen LogP contribution in [-0.4, -0.2) is 23.9 Å². The van der Waals surface area contributed by atoms with E-state index in [1.807, 2.05) is 32.0 Å². The first-order valence-electron chi connectivity index (χ1n) is 8.27. The highest BCUT2D eigenvalue weighted by Gasteiger charge is 2.19. The summed E-state index contributed by atoms with van der Waals surface area (Å²) >= 11 is 0. The number of nitrogens with one attached hydrogen (secondary N) is 2. The van der Waals surface area contributed by atoms with Crippen molar-refractivity contribution in [2.75, 3.05) is 0 Å². The number of hydrogen-bond donors (Lipinski definition) is 2. The van der Waals surface area contributed by atoms with E-state index >= 15 is 0 Å². The Hall–Kier alpha value is -3.15. The summed E-state index contributed by atoms with van der Waals surface area (Å²) in [5.41, 5.74) is 8.00. The highest BCUT2D eigenvalue weighted by Crippen LogP contribution is 2.11. The van der Waals surface area contributed by atoms with Crippen molar-refractivity contribution in [3.05, 3.63) is 70.8 Å². The maximum absolute atomic E-state index is 12.0. The molecule has 0 fully saturated rings. The molecule has 0 radical (unpaired) electrons. The summed E-state index contributed by atoms with van der Waals surface area (Å²) in [7, 11) is 0. The van der Waals surface area contributed by atoms with E-state index in [2.05, 4.69) is 10.9 Å². The molecule has 6 heteroatoms. The summed E-state index contributed by atoms with van der Waals surface area (Å²) in [5.74, 6) is -1.57. The van der Waals surface area contributed by atoms with Gasteiger partial charge in [-0.15, -0.1) is 0 Å². The molecule has 2 aromatic carbocycles. The first kappa shape index (κ1) is 19.2. The molecule has 0 aliphatic rings. The van der Waals surface area contributed by atoms with Crippen molar-refractivity contribution in [3.8, 4) is 0 Å². The molecule has 0 saturated carbocycles. The van der Waals surface area contributed by atoms with Crippen LogP contribution in [0.15, 0.2) is 48.5 Å². The van der Waals surface area contributed by atoms with Gasteiger partial charge in [0, 0.05) is 5.56 Å². The molecule has 1 atom stereocenters. The van der Waals surface area contributed by atoms with Gasteiger partial charge in [0.1, 0.15) is 0 Å². The van der Waals surface area contributed by atoms with Gasteiger partial charge in [-0.25, -0.2) is 0 Å². The topological polar surface area (TPSA) is 84.5 Å². The van der Waals surface area contributed by atoms with Gasteiger partial charge in [-0.1, -0.05) is 36.4 Å². The van der Waals surface area contributed by atoms with Crippen LogP contribution in [0, 0.1) is 13.8 Å². The van der Waals surface area contributed by atoms with Crippen LogP contribution in [0.25, 0.3) is 0 Å². The molecular formula is C20H22N2O4. The number of carbonyl (C=O) groups is 3. The summed E-state index contributed by atoms with van der Waals surface area (Å²) in [6.45, 7) is 5.41. The lowest BCUT2D eigenvalue weighted by atomic mass is 10.0. The van der Waals surface area contributed by atoms with E-state index in [0.29, 0.717) is 5.56 Å². The maximum Gasteiger partial charge on any atom is 0.311 e. The van der Waals surface area contributed by atoms with Crippen molar-refractivity contribution in [2.45, 2.75) is 33.3 Å². The number of benzene rings is 2. The lowest BCUT2D eigenvalue weighted by Gasteiger charge is -2.14. The maximum atomic E-state index is 12.0. The summed E-state index contributed by atoms with van der Waals surface area (Å²) in [6.07, 6.45) is -0.945. The molecular weight excluding hydrogens is 332 g/mol. The number of aryl methyl sites for hydroxylation is 2. The lowest BCUT2D eigenvalue weighted by Crippen LogP contribution is -2.46. The summed E-state index contributed by atoms with van der Waals surface area (Å²) in [6, 6.07) is 14.2. The van der Waals surface area contributed by atoms with E-state index in [1.165, 1.54) is 6.92 Å². The van der Waals surface area contributed by atoms with Crippen molar-refractivity contribution in [1.82, 2.24) is 10.9 Å². The predicted molar refractivity (Wildman–Crippen MR) is 97.2 cm³/mol. The van der Waals surface area contributed by atoms with Gasteiger partial charge in [-0.2, -0.15) is 0 Å². The highest BCUT2D eigenvalue weighted by atomic mass is 16.5. The molecule has 136 valence electrons. The molecule has 6 nitrogen and oxygen atoms in total. The van der Waals surface area contributed by atoms with Crippen LogP contribution in [0.2, 0.25) is 0 Å². The second-order valence-electron chi connectivity index (χ2n) is 6.04. The van der Waals surface area contributed by atoms with Gasteiger partial charge < -0.3 is 4.74 Å². The third kappa shape index (κ3) is 5.44. The van der Waals surface area contributed by atoms with Crippen LogP contribution in [0.5, 0.6) is 0 Å². The van der Waals surface area contributed by atoms with Gasteiger partial charge in [-0.3, -0.25) is 25.2 Å². The number of ether oxygens (including phenoxy) is 1. The van der Waals surface area contributed by atoms with E-state index < -0.39 is 23.9 Å². The third-order valence-electron chi connectivity index (χ3n) is 3.93. The molecule has 0 bridgehead atoms. The number of rotatable bonds is 5. The van der Waals surface area contributed by atoms with E-state index in [-0.39, 0.29) is 6.42 Å². The molecule has 2 rings (SSSR count). The quantitative estimate of drug-likeness (QED) is 0.637. The molecule has 2 amide bonds. The molecule has 0 aliphatic carbocycles. The number of hydrogen-bond acceptors (Lipinski definition) is 4. The fourth-order valence-corrected chi connectivity index (χ4v) is 2.25. The molecule has 0 spiro atoms. The highest BCUT2D eigenvalue weighted by molar-refractivity contribution is 5.95. The largest absolute Gasteiger partial charge is 0.452 e. The van der Waals surface area contributed by atoms with Crippen molar-refractivity contribution >= 4 is 17.8 Å². The molecule has 2 N–H and O–H groups in total. The van der Waals surface area contributed by atoms with Crippen LogP contribution in [0.4, 0.5) is 0 Å². The second-order valence-corrected chi connectivity index (χ2v) is 6.04. The summed E-state index contributed by atoms with van der Waals surface area (Å²) in [4.78, 5) is 35.8. The van der Waals surface area contributed by atoms with E-state index in [0.717, 1.165) is 16.7 Å². The van der Waals surface area contributed by atoms with Crippen molar-refractivity contribution in [3.63, 3.8) is 0 Å². The Labute approximate surface area is 152 Å². The second kappa shape index (κ2) is 8.80. The van der Waals surface area contributed by atoms with Crippen LogP contribution >= 0.6 is 0 Å². The average Bonchev–Trinajstić information content (AvgIpc) is 2.63. The van der Waals surface area contributed by atoms with Crippen molar-refractivity contribution in [2.24, 2.45) is 0 Å². The Morgan fingerprint density at radius 3 is 2.31 bits per heavy atom. The van der Waals surface area contributed by atoms with Crippen LogP contribution in [0.1, 0.15) is 34.0 Å². The normalized spacial score (nSPS) is 11.3. The number of amides is 2. The molecule has 0 aromatic heterocycles. The Balaban J connectivity index is 1.81. The van der Waals surface area contributed by atoms with Gasteiger partial charge in [0.25, 0.3) is 11.8 Å². The fourth-order valence-electron chi connectivity index (χ4n) is 2.25. The van der Waals surface area contributed by atoms with Crippen LogP contribution in [0.3, 0.4) is 0 Å². The van der Waals surface area contributed by atoms with Gasteiger partial charge in [0.15, 0.2) is 6.10 Å². The zero-order valence-corrected chi connectivity index (χ0v) is 15.0. The number of hydrazine groups is 1. The molecule has 0 aliphatic heterocycles. The first-order chi connectivity index (χ1) is 12.4. The van der Waals surface area contributed by atoms with Crippen molar-refractivity contribution in [1.29, 1.82) is 0 Å². The minimum atomic E-state index is -1.02. The summed E-state index contributed by atoms with van der Waals surface area (Å²) < 4.78 is 5.12. The van der Waals surface area contributed by atoms with Crippen LogP contribution < -0.4 is 10.9 Å². The Kier molecular flexibility index (Phi) is 6.49. The summed E-state index contributed by atoms with van der Waals surface area (Å²) in [5, 5.41) is 0. The van der Waals surface area contributed by atoms with Gasteiger partial charge in [0.05, 0.1) is 6.42 Å². The smallest absolute Gasteiger partial charge is 0.311 e. The Morgan fingerprint density at radius 1 is 0.962 bits per heavy atom. The van der Waals surface area contributed by atoms with Crippen molar-refractivity contribution < 1.29 is 19.1 Å². The molecule has 2 aromatic rings. The first-order valence-corrected chi connectivity index (χ1v) is 8.27. The third-order valence-corrected chi connectivity index (χ3v) is 3.93. The molecule has 0 saturated heterocycles. The lowest BCUT2D eigenvalue weighted by molar-refractivity contribution is -0.154. The molecule has 0 heterocycles. The van der Waals surface area contributed by atoms with E-state index in [4.69, 9.17) is 4.74 Å². The average molecular weight is 354 g/mol. The monoisotopic (exact) mass is 354 g/mol. The minimum absolute atomic E-state index is 0.0785. The number of carbonyl (C=O) groups excluding carboxylic acids is 3.